The average molecular weight is 295 g/mol. The Morgan fingerprint density at radius 3 is 2.27 bits per heavy atom. The van der Waals surface area contributed by atoms with E-state index in [0.29, 0.717) is 0 Å². The van der Waals surface area contributed by atoms with E-state index >= 15 is 0 Å². The first kappa shape index (κ1) is 16.3. The highest BCUT2D eigenvalue weighted by molar-refractivity contribution is 5.93. The minimum absolute atomic E-state index is 0.0766. The number of hydrogen-bond acceptors (Lipinski definition) is 1. The Bertz CT molecular complexity index is 631. The summed E-state index contributed by atoms with van der Waals surface area (Å²) in [6, 6.07) is 18.2. The Labute approximate surface area is 133 Å². The smallest absolute Gasteiger partial charge is 0.227 e. The molecule has 0 saturated carbocycles. The summed E-state index contributed by atoms with van der Waals surface area (Å²) in [6.07, 6.45) is 0.885. The second-order valence-electron chi connectivity index (χ2n) is 6.68. The van der Waals surface area contributed by atoms with Crippen LogP contribution >= 0.6 is 0 Å². The maximum absolute atomic E-state index is 12.6. The van der Waals surface area contributed by atoms with Crippen LogP contribution in [0.5, 0.6) is 0 Å². The number of carbonyl (C=O) groups excluding carboxylic acids is 1. The largest absolute Gasteiger partial charge is 0.326 e. The van der Waals surface area contributed by atoms with Gasteiger partial charge in [-0.2, -0.15) is 0 Å². The SMILES string of the molecule is Cc1ccccc1NC(=O)C(C)C(C)(C)Cc1ccccc1. The maximum atomic E-state index is 12.6. The minimum atomic E-state index is -0.103. The van der Waals surface area contributed by atoms with Crippen LogP contribution in [0, 0.1) is 18.3 Å². The van der Waals surface area contributed by atoms with Crippen LogP contribution in [-0.2, 0) is 11.2 Å². The molecule has 0 aliphatic heterocycles. The Kier molecular flexibility index (Phi) is 5.02. The Balaban J connectivity index is 2.07. The summed E-state index contributed by atoms with van der Waals surface area (Å²) in [7, 11) is 0. The van der Waals surface area contributed by atoms with Crippen molar-refractivity contribution in [1.29, 1.82) is 0 Å². The third-order valence-electron chi connectivity index (χ3n) is 4.47. The molecule has 2 rings (SSSR count). The standard InChI is InChI=1S/C20H25NO/c1-15-10-8-9-13-18(15)21-19(22)16(2)20(3,4)14-17-11-6-5-7-12-17/h5-13,16H,14H2,1-4H3,(H,21,22). The predicted molar refractivity (Wildman–Crippen MR) is 92.9 cm³/mol. The van der Waals surface area contributed by atoms with Crippen LogP contribution in [0.25, 0.3) is 0 Å². The average Bonchev–Trinajstić information content (AvgIpc) is 2.49. The van der Waals surface area contributed by atoms with E-state index in [1.807, 2.05) is 56.3 Å². The van der Waals surface area contributed by atoms with Gasteiger partial charge in [-0.25, -0.2) is 0 Å². The van der Waals surface area contributed by atoms with Gasteiger partial charge in [0.15, 0.2) is 0 Å². The van der Waals surface area contributed by atoms with Gasteiger partial charge in [0.25, 0.3) is 0 Å². The maximum Gasteiger partial charge on any atom is 0.227 e. The van der Waals surface area contributed by atoms with Gasteiger partial charge in [0, 0.05) is 11.6 Å². The molecule has 0 radical (unpaired) electrons. The predicted octanol–water partition coefficient (Wildman–Crippen LogP) is 4.84. The highest BCUT2D eigenvalue weighted by Gasteiger charge is 2.31. The van der Waals surface area contributed by atoms with Crippen molar-refractivity contribution in [1.82, 2.24) is 0 Å². The van der Waals surface area contributed by atoms with Crippen LogP contribution in [0.3, 0.4) is 0 Å². The zero-order valence-corrected chi connectivity index (χ0v) is 13.9. The summed E-state index contributed by atoms with van der Waals surface area (Å²) < 4.78 is 0. The normalized spacial score (nSPS) is 12.7. The molecule has 2 nitrogen and oxygen atoms in total. The number of rotatable bonds is 5. The Morgan fingerprint density at radius 1 is 1.05 bits per heavy atom. The van der Waals surface area contributed by atoms with Crippen LogP contribution < -0.4 is 5.32 Å². The van der Waals surface area contributed by atoms with Crippen molar-refractivity contribution in [3.63, 3.8) is 0 Å². The molecule has 2 aromatic carbocycles. The van der Waals surface area contributed by atoms with E-state index in [-0.39, 0.29) is 17.2 Å². The van der Waals surface area contributed by atoms with E-state index in [1.165, 1.54) is 5.56 Å². The molecule has 116 valence electrons. The van der Waals surface area contributed by atoms with Crippen molar-refractivity contribution in [2.24, 2.45) is 11.3 Å². The van der Waals surface area contributed by atoms with Gasteiger partial charge in [-0.1, -0.05) is 69.3 Å². The van der Waals surface area contributed by atoms with E-state index < -0.39 is 0 Å². The van der Waals surface area contributed by atoms with Crippen LogP contribution in [0.1, 0.15) is 31.9 Å². The molecule has 0 aliphatic carbocycles. The van der Waals surface area contributed by atoms with Crippen molar-refractivity contribution >= 4 is 11.6 Å². The van der Waals surface area contributed by atoms with Crippen LogP contribution in [-0.4, -0.2) is 5.91 Å². The first-order valence-corrected chi connectivity index (χ1v) is 7.80. The Morgan fingerprint density at radius 2 is 1.64 bits per heavy atom. The van der Waals surface area contributed by atoms with Crippen LogP contribution in [0.15, 0.2) is 54.6 Å². The monoisotopic (exact) mass is 295 g/mol. The van der Waals surface area contributed by atoms with Gasteiger partial charge in [0.2, 0.25) is 5.91 Å². The van der Waals surface area contributed by atoms with Gasteiger partial charge in [-0.3, -0.25) is 4.79 Å². The molecule has 2 heteroatoms. The number of benzene rings is 2. The summed E-state index contributed by atoms with van der Waals surface area (Å²) in [4.78, 5) is 12.6. The van der Waals surface area contributed by atoms with Gasteiger partial charge in [0.1, 0.15) is 0 Å². The molecule has 0 heterocycles. The van der Waals surface area contributed by atoms with E-state index in [0.717, 1.165) is 17.7 Å². The lowest BCUT2D eigenvalue weighted by molar-refractivity contribution is -0.122. The zero-order chi connectivity index (χ0) is 16.2. The molecule has 0 aliphatic rings. The molecule has 1 atom stereocenters. The quantitative estimate of drug-likeness (QED) is 0.840. The highest BCUT2D eigenvalue weighted by atomic mass is 16.1. The zero-order valence-electron chi connectivity index (χ0n) is 13.9. The highest BCUT2D eigenvalue weighted by Crippen LogP contribution is 2.32. The summed E-state index contributed by atoms with van der Waals surface area (Å²) in [5.74, 6) is 0.00235. The molecule has 0 saturated heterocycles. The molecule has 0 aromatic heterocycles. The Hall–Kier alpha value is -2.09. The fourth-order valence-corrected chi connectivity index (χ4v) is 2.58. The lowest BCUT2D eigenvalue weighted by atomic mass is 9.75. The van der Waals surface area contributed by atoms with Gasteiger partial charge in [-0.15, -0.1) is 0 Å². The molecule has 0 bridgehead atoms. The summed E-state index contributed by atoms with van der Waals surface area (Å²) in [5, 5.41) is 3.06. The van der Waals surface area contributed by atoms with E-state index in [1.54, 1.807) is 0 Å². The topological polar surface area (TPSA) is 29.1 Å². The van der Waals surface area contributed by atoms with Gasteiger partial charge >= 0.3 is 0 Å². The van der Waals surface area contributed by atoms with E-state index in [2.05, 4.69) is 31.3 Å². The summed E-state index contributed by atoms with van der Waals surface area (Å²) in [5.41, 5.74) is 3.15. The number of para-hydroxylation sites is 1. The van der Waals surface area contributed by atoms with Gasteiger partial charge < -0.3 is 5.32 Å². The van der Waals surface area contributed by atoms with Crippen LogP contribution in [0.2, 0.25) is 0 Å². The second-order valence-corrected chi connectivity index (χ2v) is 6.68. The van der Waals surface area contributed by atoms with Crippen molar-refractivity contribution in [2.75, 3.05) is 5.32 Å². The number of aryl methyl sites for hydroxylation is 1. The molecule has 0 spiro atoms. The minimum Gasteiger partial charge on any atom is -0.326 e. The lowest BCUT2D eigenvalue weighted by Gasteiger charge is -2.31. The molecule has 1 unspecified atom stereocenters. The summed E-state index contributed by atoms with van der Waals surface area (Å²) >= 11 is 0. The molecule has 1 amide bonds. The molecule has 2 aromatic rings. The molecular weight excluding hydrogens is 270 g/mol. The molecule has 1 N–H and O–H groups in total. The molecule has 22 heavy (non-hydrogen) atoms. The summed E-state index contributed by atoms with van der Waals surface area (Å²) in [6.45, 7) is 8.33. The van der Waals surface area contributed by atoms with E-state index in [9.17, 15) is 4.79 Å². The first-order valence-electron chi connectivity index (χ1n) is 7.80. The number of anilines is 1. The number of nitrogens with one attached hydrogen (secondary N) is 1. The van der Waals surface area contributed by atoms with Crippen molar-refractivity contribution in [2.45, 2.75) is 34.1 Å². The number of carbonyl (C=O) groups is 1. The molecular formula is C20H25NO. The molecule has 0 fully saturated rings. The fraction of sp³-hybridized carbons (Fsp3) is 0.350. The number of hydrogen-bond donors (Lipinski definition) is 1. The third-order valence-corrected chi connectivity index (χ3v) is 4.47. The third kappa shape index (κ3) is 3.97. The second kappa shape index (κ2) is 6.78. The van der Waals surface area contributed by atoms with Gasteiger partial charge in [0.05, 0.1) is 0 Å². The number of amides is 1. The lowest BCUT2D eigenvalue weighted by Crippen LogP contribution is -2.34. The van der Waals surface area contributed by atoms with E-state index in [4.69, 9.17) is 0 Å². The van der Waals surface area contributed by atoms with Crippen molar-refractivity contribution < 1.29 is 4.79 Å². The fourth-order valence-electron chi connectivity index (χ4n) is 2.58. The van der Waals surface area contributed by atoms with Gasteiger partial charge in [-0.05, 0) is 36.0 Å². The van der Waals surface area contributed by atoms with Crippen molar-refractivity contribution in [3.8, 4) is 0 Å². The van der Waals surface area contributed by atoms with Crippen molar-refractivity contribution in [3.05, 3.63) is 65.7 Å². The first-order chi connectivity index (χ1) is 10.4. The van der Waals surface area contributed by atoms with Crippen LogP contribution in [0.4, 0.5) is 5.69 Å².